The lowest BCUT2D eigenvalue weighted by Crippen LogP contribution is -2.19. The Morgan fingerprint density at radius 1 is 1.38 bits per heavy atom. The molecular formula is C14H17ClF3N3O2S. The lowest BCUT2D eigenvalue weighted by Gasteiger charge is -2.08. The Bertz CT molecular complexity index is 679. The van der Waals surface area contributed by atoms with Crippen molar-refractivity contribution in [2.45, 2.75) is 19.0 Å². The molecule has 2 rings (SSSR count). The topological polar surface area (TPSA) is 63.2 Å². The number of carbonyl (C=O) groups excluding carboxylic acids is 1. The van der Waals surface area contributed by atoms with Crippen molar-refractivity contribution in [3.8, 4) is 5.75 Å². The Labute approximate surface area is 147 Å². The lowest BCUT2D eigenvalue weighted by molar-refractivity contribution is -0.153. The van der Waals surface area contributed by atoms with Crippen LogP contribution in [0.25, 0.3) is 10.2 Å². The predicted octanol–water partition coefficient (Wildman–Crippen LogP) is 3.60. The summed E-state index contributed by atoms with van der Waals surface area (Å²) in [5, 5.41) is 6.05. The van der Waals surface area contributed by atoms with E-state index in [1.807, 2.05) is 7.05 Å². The fourth-order valence-corrected chi connectivity index (χ4v) is 2.73. The van der Waals surface area contributed by atoms with Crippen molar-refractivity contribution < 1.29 is 22.7 Å². The van der Waals surface area contributed by atoms with E-state index in [1.165, 1.54) is 23.5 Å². The number of nitrogens with zero attached hydrogens (tertiary/aromatic N) is 1. The number of hydrogen-bond donors (Lipinski definition) is 2. The summed E-state index contributed by atoms with van der Waals surface area (Å²) in [4.78, 5) is 15.9. The van der Waals surface area contributed by atoms with Gasteiger partial charge >= 0.3 is 6.18 Å². The number of benzene rings is 1. The molecule has 0 saturated carbocycles. The molecule has 0 bridgehead atoms. The Morgan fingerprint density at radius 2 is 2.12 bits per heavy atom. The van der Waals surface area contributed by atoms with Gasteiger partial charge in [-0.25, -0.2) is 4.98 Å². The van der Waals surface area contributed by atoms with Gasteiger partial charge < -0.3 is 15.4 Å². The van der Waals surface area contributed by atoms with Crippen molar-refractivity contribution >= 4 is 45.0 Å². The van der Waals surface area contributed by atoms with E-state index in [0.29, 0.717) is 28.2 Å². The molecule has 0 fully saturated rings. The molecule has 10 heteroatoms. The van der Waals surface area contributed by atoms with Crippen LogP contribution in [0.3, 0.4) is 0 Å². The van der Waals surface area contributed by atoms with Crippen molar-refractivity contribution in [3.05, 3.63) is 18.2 Å². The standard InChI is InChI=1S/C14H16F3N3O2S.ClH/c1-18-6-2-3-12(21)20-13-19-10-5-4-9(7-11(10)23-13)22-8-14(15,16)17;/h4-5,7,18H,2-3,6,8H2,1H3,(H,19,20,21);1H. The van der Waals surface area contributed by atoms with Crippen LogP contribution in [-0.2, 0) is 4.79 Å². The summed E-state index contributed by atoms with van der Waals surface area (Å²) in [6.07, 6.45) is -3.30. The van der Waals surface area contributed by atoms with E-state index in [-0.39, 0.29) is 24.1 Å². The molecule has 1 amide bonds. The third-order valence-corrected chi connectivity index (χ3v) is 3.77. The Morgan fingerprint density at radius 3 is 2.79 bits per heavy atom. The first kappa shape index (κ1) is 20.5. The molecule has 1 heterocycles. The van der Waals surface area contributed by atoms with Crippen LogP contribution >= 0.6 is 23.7 Å². The predicted molar refractivity (Wildman–Crippen MR) is 90.2 cm³/mol. The third-order valence-electron chi connectivity index (χ3n) is 2.84. The number of ether oxygens (including phenoxy) is 1. The summed E-state index contributed by atoms with van der Waals surface area (Å²) in [5.41, 5.74) is 0.597. The largest absolute Gasteiger partial charge is 0.484 e. The van der Waals surface area contributed by atoms with Gasteiger partial charge in [0.15, 0.2) is 11.7 Å². The number of aromatic nitrogens is 1. The van der Waals surface area contributed by atoms with Crippen molar-refractivity contribution in [2.75, 3.05) is 25.5 Å². The number of carbonyl (C=O) groups is 1. The highest BCUT2D eigenvalue weighted by atomic mass is 35.5. The number of anilines is 1. The molecule has 5 nitrogen and oxygen atoms in total. The van der Waals surface area contributed by atoms with E-state index < -0.39 is 12.8 Å². The molecule has 0 unspecified atom stereocenters. The van der Waals surface area contributed by atoms with Crippen LogP contribution in [0.5, 0.6) is 5.75 Å². The molecule has 1 aromatic carbocycles. The normalized spacial score (nSPS) is 11.2. The van der Waals surface area contributed by atoms with Crippen LogP contribution < -0.4 is 15.4 Å². The quantitative estimate of drug-likeness (QED) is 0.717. The fourth-order valence-electron chi connectivity index (χ4n) is 1.82. The van der Waals surface area contributed by atoms with Crippen LogP contribution in [0, 0.1) is 0 Å². The zero-order valence-electron chi connectivity index (χ0n) is 12.8. The van der Waals surface area contributed by atoms with Crippen LogP contribution in [-0.4, -0.2) is 37.3 Å². The van der Waals surface area contributed by atoms with Gasteiger partial charge in [0.1, 0.15) is 5.75 Å². The van der Waals surface area contributed by atoms with Crippen molar-refractivity contribution in [1.82, 2.24) is 10.3 Å². The lowest BCUT2D eigenvalue weighted by atomic mass is 10.3. The van der Waals surface area contributed by atoms with E-state index in [9.17, 15) is 18.0 Å². The number of halogens is 4. The first-order valence-corrected chi connectivity index (χ1v) is 7.73. The number of fused-ring (bicyclic) bond motifs is 1. The molecular weight excluding hydrogens is 367 g/mol. The first-order valence-electron chi connectivity index (χ1n) is 6.92. The highest BCUT2D eigenvalue weighted by molar-refractivity contribution is 7.22. The molecule has 0 radical (unpaired) electrons. The molecule has 2 aromatic rings. The molecule has 1 aromatic heterocycles. The maximum atomic E-state index is 12.1. The average Bonchev–Trinajstić information content (AvgIpc) is 2.86. The molecule has 24 heavy (non-hydrogen) atoms. The van der Waals surface area contributed by atoms with Gasteiger partial charge in [0.05, 0.1) is 10.2 Å². The molecule has 2 N–H and O–H groups in total. The SMILES string of the molecule is CNCCCC(=O)Nc1nc2ccc(OCC(F)(F)F)cc2s1.Cl. The van der Waals surface area contributed by atoms with Crippen molar-refractivity contribution in [2.24, 2.45) is 0 Å². The molecule has 0 aliphatic rings. The minimum Gasteiger partial charge on any atom is -0.484 e. The fraction of sp³-hybridized carbons (Fsp3) is 0.429. The maximum absolute atomic E-state index is 12.1. The summed E-state index contributed by atoms with van der Waals surface area (Å²) >= 11 is 1.19. The van der Waals surface area contributed by atoms with Crippen molar-refractivity contribution in [3.63, 3.8) is 0 Å². The van der Waals surface area contributed by atoms with E-state index in [4.69, 9.17) is 4.74 Å². The second-order valence-electron chi connectivity index (χ2n) is 4.81. The van der Waals surface area contributed by atoms with E-state index in [0.717, 1.165) is 6.54 Å². The van der Waals surface area contributed by atoms with Gasteiger partial charge in [-0.05, 0) is 38.2 Å². The number of nitrogens with one attached hydrogen (secondary N) is 2. The Balaban J connectivity index is 0.00000288. The number of hydrogen-bond acceptors (Lipinski definition) is 5. The smallest absolute Gasteiger partial charge is 0.422 e. The minimum atomic E-state index is -4.38. The van der Waals surface area contributed by atoms with Gasteiger partial charge in [-0.1, -0.05) is 11.3 Å². The number of amides is 1. The van der Waals surface area contributed by atoms with E-state index in [2.05, 4.69) is 15.6 Å². The van der Waals surface area contributed by atoms with Gasteiger partial charge in [0.25, 0.3) is 0 Å². The maximum Gasteiger partial charge on any atom is 0.422 e. The Kier molecular flexibility index (Phi) is 7.71. The number of rotatable bonds is 7. The number of thiazole rings is 1. The highest BCUT2D eigenvalue weighted by Crippen LogP contribution is 2.30. The van der Waals surface area contributed by atoms with Crippen LogP contribution in [0.4, 0.5) is 18.3 Å². The summed E-state index contributed by atoms with van der Waals surface area (Å²) in [7, 11) is 1.81. The van der Waals surface area contributed by atoms with E-state index in [1.54, 1.807) is 6.07 Å². The van der Waals surface area contributed by atoms with Gasteiger partial charge in [-0.3, -0.25) is 4.79 Å². The van der Waals surface area contributed by atoms with Crippen LogP contribution in [0.2, 0.25) is 0 Å². The van der Waals surface area contributed by atoms with Crippen molar-refractivity contribution in [1.29, 1.82) is 0 Å². The molecule has 134 valence electrons. The second kappa shape index (κ2) is 9.05. The third kappa shape index (κ3) is 6.50. The van der Waals surface area contributed by atoms with Gasteiger partial charge in [-0.2, -0.15) is 13.2 Å². The minimum absolute atomic E-state index is 0. The number of alkyl halides is 3. The summed E-state index contributed by atoms with van der Waals surface area (Å²) in [6, 6.07) is 4.47. The van der Waals surface area contributed by atoms with Crippen LogP contribution in [0.1, 0.15) is 12.8 Å². The average molecular weight is 384 g/mol. The van der Waals surface area contributed by atoms with Gasteiger partial charge in [0.2, 0.25) is 5.91 Å². The summed E-state index contributed by atoms with van der Waals surface area (Å²) in [6.45, 7) is -0.598. The zero-order valence-corrected chi connectivity index (χ0v) is 14.4. The molecule has 0 aliphatic carbocycles. The summed E-state index contributed by atoms with van der Waals surface area (Å²) < 4.78 is 41.8. The molecule has 0 saturated heterocycles. The monoisotopic (exact) mass is 383 g/mol. The molecule has 0 atom stereocenters. The van der Waals surface area contributed by atoms with Gasteiger partial charge in [0, 0.05) is 6.42 Å². The molecule has 0 aliphatic heterocycles. The second-order valence-corrected chi connectivity index (χ2v) is 5.84. The first-order chi connectivity index (χ1) is 10.9. The zero-order chi connectivity index (χ0) is 16.9. The highest BCUT2D eigenvalue weighted by Gasteiger charge is 2.28. The Hall–Kier alpha value is -1.58. The molecule has 0 spiro atoms. The van der Waals surface area contributed by atoms with Gasteiger partial charge in [-0.15, -0.1) is 12.4 Å². The summed E-state index contributed by atoms with van der Waals surface area (Å²) in [5.74, 6) is -0.0294. The van der Waals surface area contributed by atoms with Crippen LogP contribution in [0.15, 0.2) is 18.2 Å². The van der Waals surface area contributed by atoms with E-state index >= 15 is 0 Å².